The van der Waals surface area contributed by atoms with Crippen LogP contribution in [0.25, 0.3) is 0 Å². The van der Waals surface area contributed by atoms with Crippen LogP contribution in [0.5, 0.6) is 0 Å². The average Bonchev–Trinajstić information content (AvgIpc) is 2.91. The summed E-state index contributed by atoms with van der Waals surface area (Å²) in [7, 11) is -2.50. The summed E-state index contributed by atoms with van der Waals surface area (Å²) < 4.78 is 67.9. The summed E-state index contributed by atoms with van der Waals surface area (Å²) in [5, 5.41) is 1.96. The summed E-state index contributed by atoms with van der Waals surface area (Å²) in [6.07, 6.45) is -4.68. The fraction of sp³-hybridized carbons (Fsp3) is 0.222. The number of alkyl halides is 3. The van der Waals surface area contributed by atoms with E-state index >= 15 is 0 Å². The maximum atomic E-state index is 13.4. The van der Waals surface area contributed by atoms with E-state index in [0.717, 1.165) is 0 Å². The second kappa shape index (κ2) is 7.27. The molecule has 148 valence electrons. The minimum Gasteiger partial charge on any atom is -0.349 e. The standard InChI is InChI=1S/C18H16F3N3O3S/c1-24(17-13-9-5-6-10-14(13)28(26,27)23-17)11-15(25)22-16(18(19,20)21)12-7-3-2-4-8-12/h2-10,16H,11H2,1H3,(H,22,25). The molecule has 0 bridgehead atoms. The Balaban J connectivity index is 1.78. The van der Waals surface area contributed by atoms with Gasteiger partial charge in [0.05, 0.1) is 6.54 Å². The first kappa shape index (κ1) is 19.9. The number of carbonyl (C=O) groups excluding carboxylic acids is 1. The normalized spacial score (nSPS) is 16.1. The number of amides is 1. The number of rotatable bonds is 4. The molecular formula is C18H16F3N3O3S. The maximum absolute atomic E-state index is 13.4. The Kier molecular flexibility index (Phi) is 5.16. The summed E-state index contributed by atoms with van der Waals surface area (Å²) in [4.78, 5) is 13.5. The summed E-state index contributed by atoms with van der Waals surface area (Å²) >= 11 is 0. The van der Waals surface area contributed by atoms with Gasteiger partial charge < -0.3 is 10.2 Å². The van der Waals surface area contributed by atoms with Gasteiger partial charge in [0.1, 0.15) is 4.90 Å². The van der Waals surface area contributed by atoms with Gasteiger partial charge in [0.15, 0.2) is 11.9 Å². The summed E-state index contributed by atoms with van der Waals surface area (Å²) in [6.45, 7) is -0.498. The molecule has 0 radical (unpaired) electrons. The summed E-state index contributed by atoms with van der Waals surface area (Å²) in [6, 6.07) is 10.9. The van der Waals surface area contributed by atoms with Crippen molar-refractivity contribution in [1.82, 2.24) is 10.2 Å². The molecule has 28 heavy (non-hydrogen) atoms. The molecule has 2 aromatic carbocycles. The molecule has 0 aliphatic carbocycles. The number of sulfonamides is 1. The number of benzene rings is 2. The Bertz CT molecular complexity index is 1020. The number of halogens is 3. The lowest BCUT2D eigenvalue weighted by Crippen LogP contribution is -2.43. The zero-order valence-corrected chi connectivity index (χ0v) is 15.5. The molecule has 1 N–H and O–H groups in total. The van der Waals surface area contributed by atoms with E-state index in [0.29, 0.717) is 5.56 Å². The van der Waals surface area contributed by atoms with Crippen molar-refractivity contribution in [3.63, 3.8) is 0 Å². The van der Waals surface area contributed by atoms with Gasteiger partial charge >= 0.3 is 6.18 Å². The highest BCUT2D eigenvalue weighted by Crippen LogP contribution is 2.32. The molecule has 1 aliphatic heterocycles. The van der Waals surface area contributed by atoms with E-state index in [1.54, 1.807) is 12.1 Å². The smallest absolute Gasteiger partial charge is 0.349 e. The highest BCUT2D eigenvalue weighted by Gasteiger charge is 2.42. The number of nitrogens with zero attached hydrogens (tertiary/aromatic N) is 2. The predicted molar refractivity (Wildman–Crippen MR) is 96.2 cm³/mol. The third-order valence-corrected chi connectivity index (χ3v) is 5.45. The minimum atomic E-state index is -4.68. The van der Waals surface area contributed by atoms with Crippen molar-refractivity contribution in [2.75, 3.05) is 13.6 Å². The molecule has 2 aromatic rings. The lowest BCUT2D eigenvalue weighted by Gasteiger charge is -2.24. The first-order chi connectivity index (χ1) is 13.1. The van der Waals surface area contributed by atoms with Gasteiger partial charge in [-0.15, -0.1) is 4.40 Å². The largest absolute Gasteiger partial charge is 0.412 e. The number of amidine groups is 1. The Labute approximate surface area is 159 Å². The van der Waals surface area contributed by atoms with Crippen molar-refractivity contribution in [3.05, 3.63) is 65.7 Å². The number of likely N-dealkylation sites (N-methyl/N-ethyl adjacent to an activating group) is 1. The number of hydrogen-bond acceptors (Lipinski definition) is 4. The van der Waals surface area contributed by atoms with Crippen molar-refractivity contribution in [2.24, 2.45) is 4.40 Å². The number of nitrogens with one attached hydrogen (secondary N) is 1. The predicted octanol–water partition coefficient (Wildman–Crippen LogP) is 2.49. The SMILES string of the molecule is CN(CC(=O)NC(c1ccccc1)C(F)(F)F)C1=NS(=O)(=O)c2ccccc21. The number of carbonyl (C=O) groups is 1. The molecule has 6 nitrogen and oxygen atoms in total. The van der Waals surface area contributed by atoms with Crippen molar-refractivity contribution in [1.29, 1.82) is 0 Å². The number of fused-ring (bicyclic) bond motifs is 1. The lowest BCUT2D eigenvalue weighted by atomic mass is 10.1. The van der Waals surface area contributed by atoms with Crippen LogP contribution in [-0.2, 0) is 14.8 Å². The topological polar surface area (TPSA) is 78.8 Å². The molecule has 1 atom stereocenters. The zero-order chi connectivity index (χ0) is 20.5. The van der Waals surface area contributed by atoms with E-state index in [1.807, 2.05) is 5.32 Å². The highest BCUT2D eigenvalue weighted by molar-refractivity contribution is 7.90. The molecule has 0 spiro atoms. The Hall–Kier alpha value is -2.88. The van der Waals surface area contributed by atoms with Crippen LogP contribution in [0.2, 0.25) is 0 Å². The molecule has 0 fully saturated rings. The second-order valence-electron chi connectivity index (χ2n) is 6.20. The zero-order valence-electron chi connectivity index (χ0n) is 14.6. The Morgan fingerprint density at radius 2 is 1.71 bits per heavy atom. The molecular weight excluding hydrogens is 395 g/mol. The molecule has 1 unspecified atom stereocenters. The highest BCUT2D eigenvalue weighted by atomic mass is 32.2. The molecule has 1 heterocycles. The van der Waals surface area contributed by atoms with Gasteiger partial charge in [-0.2, -0.15) is 21.6 Å². The van der Waals surface area contributed by atoms with Crippen LogP contribution in [0.4, 0.5) is 13.2 Å². The van der Waals surface area contributed by atoms with E-state index in [9.17, 15) is 26.4 Å². The van der Waals surface area contributed by atoms with Crippen LogP contribution in [0.1, 0.15) is 17.2 Å². The number of hydrogen-bond donors (Lipinski definition) is 1. The van der Waals surface area contributed by atoms with Gasteiger partial charge in [0.2, 0.25) is 5.91 Å². The first-order valence-corrected chi connectivity index (χ1v) is 9.60. The molecule has 0 aromatic heterocycles. The lowest BCUT2D eigenvalue weighted by molar-refractivity contribution is -0.163. The summed E-state index contributed by atoms with van der Waals surface area (Å²) in [5.74, 6) is -0.910. The van der Waals surface area contributed by atoms with Crippen LogP contribution in [0, 0.1) is 0 Å². The maximum Gasteiger partial charge on any atom is 0.412 e. The van der Waals surface area contributed by atoms with E-state index in [4.69, 9.17) is 0 Å². The molecule has 0 saturated carbocycles. The van der Waals surface area contributed by atoms with Crippen LogP contribution < -0.4 is 5.32 Å². The molecule has 1 aliphatic rings. The average molecular weight is 411 g/mol. The molecule has 10 heteroatoms. The summed E-state index contributed by atoms with van der Waals surface area (Å²) in [5.41, 5.74) is 0.199. The monoisotopic (exact) mass is 411 g/mol. The van der Waals surface area contributed by atoms with Gasteiger partial charge in [-0.3, -0.25) is 4.79 Å². The quantitative estimate of drug-likeness (QED) is 0.839. The molecule has 1 amide bonds. The van der Waals surface area contributed by atoms with Crippen molar-refractivity contribution < 1.29 is 26.4 Å². The third-order valence-electron chi connectivity index (χ3n) is 4.12. The molecule has 3 rings (SSSR count). The minimum absolute atomic E-state index is 0.00490. The molecule has 0 saturated heterocycles. The second-order valence-corrected chi connectivity index (χ2v) is 7.77. The van der Waals surface area contributed by atoms with Gasteiger partial charge in [0, 0.05) is 12.6 Å². The van der Waals surface area contributed by atoms with E-state index in [2.05, 4.69) is 4.40 Å². The van der Waals surface area contributed by atoms with Gasteiger partial charge in [-0.05, 0) is 17.7 Å². The van der Waals surface area contributed by atoms with Crippen molar-refractivity contribution in [2.45, 2.75) is 17.1 Å². The van der Waals surface area contributed by atoms with Gasteiger partial charge in [-0.1, -0.05) is 42.5 Å². The van der Waals surface area contributed by atoms with E-state index in [1.165, 1.54) is 54.4 Å². The van der Waals surface area contributed by atoms with E-state index in [-0.39, 0.29) is 16.3 Å². The first-order valence-electron chi connectivity index (χ1n) is 8.16. The third kappa shape index (κ3) is 4.01. The van der Waals surface area contributed by atoms with Crippen LogP contribution in [-0.4, -0.2) is 44.8 Å². The Morgan fingerprint density at radius 1 is 1.11 bits per heavy atom. The van der Waals surface area contributed by atoms with Crippen LogP contribution in [0.15, 0.2) is 63.9 Å². The Morgan fingerprint density at radius 3 is 2.36 bits per heavy atom. The van der Waals surface area contributed by atoms with Crippen LogP contribution in [0.3, 0.4) is 0 Å². The fourth-order valence-corrected chi connectivity index (χ4v) is 4.11. The van der Waals surface area contributed by atoms with Crippen LogP contribution >= 0.6 is 0 Å². The van der Waals surface area contributed by atoms with E-state index < -0.39 is 34.7 Å². The fourth-order valence-electron chi connectivity index (χ4n) is 2.86. The van der Waals surface area contributed by atoms with Crippen molar-refractivity contribution >= 4 is 21.8 Å². The van der Waals surface area contributed by atoms with Crippen molar-refractivity contribution in [3.8, 4) is 0 Å². The van der Waals surface area contributed by atoms with Gasteiger partial charge in [0.25, 0.3) is 10.0 Å². The van der Waals surface area contributed by atoms with Gasteiger partial charge in [-0.25, -0.2) is 0 Å².